The molecule has 5 aliphatic rings. The lowest BCUT2D eigenvalue weighted by molar-refractivity contribution is -0.124. The smallest absolute Gasteiger partial charge is 0.254 e. The van der Waals surface area contributed by atoms with Crippen LogP contribution in [0.3, 0.4) is 0 Å². The normalized spacial score (nSPS) is 21.2. The molecule has 14 nitrogen and oxygen atoms in total. The number of ketones is 1. The van der Waals surface area contributed by atoms with E-state index in [-0.39, 0.29) is 41.9 Å². The number of piperidine rings is 2. The summed E-state index contributed by atoms with van der Waals surface area (Å²) >= 11 is 0. The number of likely N-dealkylation sites (tertiary alicyclic amines) is 2. The van der Waals surface area contributed by atoms with Crippen molar-refractivity contribution in [1.29, 1.82) is 0 Å². The molecule has 5 aliphatic heterocycles. The van der Waals surface area contributed by atoms with Crippen LogP contribution in [0.25, 0.3) is 17.2 Å². The van der Waals surface area contributed by atoms with Gasteiger partial charge in [0.1, 0.15) is 17.7 Å². The highest BCUT2D eigenvalue weighted by Gasteiger charge is 2.31. The summed E-state index contributed by atoms with van der Waals surface area (Å²) in [5.41, 5.74) is 16.7. The van der Waals surface area contributed by atoms with Crippen molar-refractivity contribution in [3.63, 3.8) is 0 Å². The predicted octanol–water partition coefficient (Wildman–Crippen LogP) is 5.88. The summed E-state index contributed by atoms with van der Waals surface area (Å²) in [7, 11) is 0. The van der Waals surface area contributed by atoms with Crippen molar-refractivity contribution in [3.05, 3.63) is 124 Å². The maximum atomic E-state index is 15.4. The number of aryl methyl sites for hydroxylation is 1. The number of hydrogen-bond acceptors (Lipinski definition) is 11. The van der Waals surface area contributed by atoms with Crippen molar-refractivity contribution in [2.45, 2.75) is 96.9 Å². The molecule has 9 rings (SSSR count). The van der Waals surface area contributed by atoms with Crippen molar-refractivity contribution in [2.24, 2.45) is 5.92 Å². The number of benzene rings is 1. The number of nitrogens with two attached hydrogens (primary N) is 1. The van der Waals surface area contributed by atoms with Crippen LogP contribution in [-0.4, -0.2) is 110 Å². The molecule has 66 heavy (non-hydrogen) atoms. The Hall–Kier alpha value is -6.19. The van der Waals surface area contributed by atoms with Crippen LogP contribution in [0.15, 0.2) is 89.8 Å². The molecular formula is C51H62FN11O3. The molecule has 0 aliphatic carbocycles. The van der Waals surface area contributed by atoms with Crippen molar-refractivity contribution in [3.8, 4) is 11.1 Å². The Kier molecular flexibility index (Phi) is 13.4. The maximum absolute atomic E-state index is 15.4. The van der Waals surface area contributed by atoms with Crippen molar-refractivity contribution in [1.82, 2.24) is 50.4 Å². The van der Waals surface area contributed by atoms with Crippen LogP contribution in [0, 0.1) is 12.8 Å². The van der Waals surface area contributed by atoms with E-state index in [1.54, 1.807) is 0 Å². The first-order chi connectivity index (χ1) is 31.9. The maximum Gasteiger partial charge on any atom is 0.254 e. The number of Topliss-reactive ketones (excluding diaryl/α,β-unsaturated/α-hetero) is 1. The number of carbonyl (C=O) groups is 3. The largest absolute Gasteiger partial charge is 0.384 e. The molecule has 5 N–H and O–H groups in total. The van der Waals surface area contributed by atoms with Crippen molar-refractivity contribution in [2.75, 3.05) is 51.5 Å². The zero-order chi connectivity index (χ0) is 45.9. The third kappa shape index (κ3) is 10.1. The third-order valence-electron chi connectivity index (χ3n) is 14.4. The Labute approximate surface area is 386 Å². The molecule has 346 valence electrons. The zero-order valence-electron chi connectivity index (χ0n) is 38.4. The molecule has 2 amide bonds. The van der Waals surface area contributed by atoms with Gasteiger partial charge in [-0.15, -0.1) is 0 Å². The van der Waals surface area contributed by atoms with Gasteiger partial charge in [-0.1, -0.05) is 23.8 Å². The van der Waals surface area contributed by atoms with E-state index in [9.17, 15) is 14.4 Å². The summed E-state index contributed by atoms with van der Waals surface area (Å²) in [6.07, 6.45) is 11.9. The Morgan fingerprint density at radius 2 is 1.71 bits per heavy atom. The van der Waals surface area contributed by atoms with E-state index >= 15 is 4.39 Å². The second-order valence-electron chi connectivity index (χ2n) is 18.7. The molecular weight excluding hydrogens is 834 g/mol. The first kappa shape index (κ1) is 45.0. The van der Waals surface area contributed by atoms with Crippen LogP contribution in [0.4, 0.5) is 10.2 Å². The zero-order valence-corrected chi connectivity index (χ0v) is 38.4. The fourth-order valence-corrected chi connectivity index (χ4v) is 10.3. The predicted molar refractivity (Wildman–Crippen MR) is 253 cm³/mol. The van der Waals surface area contributed by atoms with Crippen LogP contribution < -0.4 is 21.7 Å². The summed E-state index contributed by atoms with van der Waals surface area (Å²) in [6, 6.07) is 16.1. The molecule has 3 saturated heterocycles. The number of halogens is 1. The molecule has 8 heterocycles. The summed E-state index contributed by atoms with van der Waals surface area (Å²) in [4.78, 5) is 53.7. The molecule has 3 fully saturated rings. The number of nitrogens with one attached hydrogen (secondary N) is 3. The number of pyridine rings is 2. The molecule has 2 unspecified atom stereocenters. The lowest BCUT2D eigenvalue weighted by atomic mass is 9.88. The number of rotatable bonds is 11. The number of hydrogen-bond donors (Lipinski definition) is 4. The van der Waals surface area contributed by atoms with Gasteiger partial charge in [-0.25, -0.2) is 9.37 Å². The quantitative estimate of drug-likeness (QED) is 0.142. The monoisotopic (exact) mass is 896 g/mol. The van der Waals surface area contributed by atoms with E-state index in [1.807, 2.05) is 52.3 Å². The molecule has 0 spiro atoms. The van der Waals surface area contributed by atoms with Gasteiger partial charge >= 0.3 is 0 Å². The number of nitrogen functional groups attached to an aromatic ring is 1. The average Bonchev–Trinajstić information content (AvgIpc) is 3.67. The van der Waals surface area contributed by atoms with Crippen LogP contribution in [0.1, 0.15) is 96.9 Å². The third-order valence-corrected chi connectivity index (χ3v) is 14.4. The van der Waals surface area contributed by atoms with E-state index < -0.39 is 6.04 Å². The average molecular weight is 896 g/mol. The lowest BCUT2D eigenvalue weighted by Gasteiger charge is -2.37. The second kappa shape index (κ2) is 19.7. The molecule has 15 heteroatoms. The van der Waals surface area contributed by atoms with Crippen LogP contribution in [0.5, 0.6) is 0 Å². The minimum absolute atomic E-state index is 0.00254. The van der Waals surface area contributed by atoms with Crippen LogP contribution in [-0.2, 0) is 29.2 Å². The van der Waals surface area contributed by atoms with E-state index in [2.05, 4.69) is 80.8 Å². The van der Waals surface area contributed by atoms with Gasteiger partial charge in [0.25, 0.3) is 5.91 Å². The number of amides is 2. The highest BCUT2D eigenvalue weighted by atomic mass is 19.1. The van der Waals surface area contributed by atoms with Gasteiger partial charge in [0.15, 0.2) is 5.78 Å². The van der Waals surface area contributed by atoms with Crippen molar-refractivity contribution < 1.29 is 18.8 Å². The minimum Gasteiger partial charge on any atom is -0.384 e. The van der Waals surface area contributed by atoms with Crippen LogP contribution in [0.2, 0.25) is 0 Å². The van der Waals surface area contributed by atoms with Gasteiger partial charge < -0.3 is 26.6 Å². The lowest BCUT2D eigenvalue weighted by Crippen LogP contribution is -2.45. The summed E-state index contributed by atoms with van der Waals surface area (Å²) in [6.45, 7) is 13.2. The standard InChI is InChI=1S/C51H62FN11O3/c1-32(24-45-33(2)54-17-12-44(45)39-8-11-48(53)55-27-39)34(3)61-20-15-36(16-21-61)35-4-6-38(7-5-35)51(66)62-22-23-63-42(31-62)25-41(59-63)30-60-18-13-37(14-19-60)49-46(52)26-40(28-56-49)58-47-10-9-43(64)29-57-50(47)65/h4-8,11-12,17,24-27,34,36-37,47,56,58H,9-10,13-16,18-23,28-31H2,1-3H3,(H2,53,55)(H,57,65)/b32-24+. The Morgan fingerprint density at radius 3 is 2.45 bits per heavy atom. The minimum atomic E-state index is -0.550. The molecule has 1 aromatic carbocycles. The van der Waals surface area contributed by atoms with E-state index in [1.165, 1.54) is 17.2 Å². The molecule has 3 aromatic heterocycles. The molecule has 2 atom stereocenters. The Balaban J connectivity index is 0.737. The van der Waals surface area contributed by atoms with Gasteiger partial charge in [0.2, 0.25) is 5.91 Å². The van der Waals surface area contributed by atoms with Gasteiger partial charge in [-0.2, -0.15) is 5.10 Å². The summed E-state index contributed by atoms with van der Waals surface area (Å²) in [5.74, 6) is 0.559. The topological polar surface area (TPSA) is 167 Å². The summed E-state index contributed by atoms with van der Waals surface area (Å²) < 4.78 is 17.4. The van der Waals surface area contributed by atoms with E-state index in [0.29, 0.717) is 74.3 Å². The highest BCUT2D eigenvalue weighted by Crippen LogP contribution is 2.33. The summed E-state index contributed by atoms with van der Waals surface area (Å²) in [5, 5.41) is 14.0. The van der Waals surface area contributed by atoms with Gasteiger partial charge in [0.05, 0.1) is 43.3 Å². The van der Waals surface area contributed by atoms with E-state index in [4.69, 9.17) is 10.8 Å². The number of nitrogens with zero attached hydrogens (tertiary/aromatic N) is 7. The van der Waals surface area contributed by atoms with Gasteiger partial charge in [-0.05, 0) is 139 Å². The highest BCUT2D eigenvalue weighted by molar-refractivity contribution is 5.94. The van der Waals surface area contributed by atoms with Crippen LogP contribution >= 0.6 is 0 Å². The first-order valence-electron chi connectivity index (χ1n) is 23.6. The molecule has 4 aromatic rings. The number of allylic oxidation sites excluding steroid dienone is 3. The first-order valence-corrected chi connectivity index (χ1v) is 23.6. The number of aromatic nitrogens is 4. The number of dihydropyridines is 1. The van der Waals surface area contributed by atoms with Gasteiger partial charge in [-0.3, -0.25) is 33.8 Å². The van der Waals surface area contributed by atoms with Crippen molar-refractivity contribution >= 4 is 29.5 Å². The number of carbonyl (C=O) groups excluding carboxylic acids is 3. The second-order valence-corrected chi connectivity index (χ2v) is 18.7. The molecule has 0 bridgehead atoms. The molecule has 0 radical (unpaired) electrons. The number of fused-ring (bicyclic) bond motifs is 1. The number of anilines is 1. The fourth-order valence-electron chi connectivity index (χ4n) is 10.3. The Morgan fingerprint density at radius 1 is 0.939 bits per heavy atom. The SMILES string of the molecule is C/C(=C\c1c(-c2ccc(N)nc2)ccnc1C)C(C)N1CCC(c2ccc(C(=O)N3CCn4nc(CN5CCC(C6=C(F)C=C(NC7CCC(=O)CNC7=O)CN6)CC5)cc4C3)cc2)CC1. The Bertz CT molecular complexity index is 2530. The fraction of sp³-hybridized carbons (Fsp3) is 0.451. The van der Waals surface area contributed by atoms with Gasteiger partial charge in [0, 0.05) is 71.9 Å². The van der Waals surface area contributed by atoms with E-state index in [0.717, 1.165) is 85.6 Å². The molecule has 0 saturated carbocycles.